The first-order valence-corrected chi connectivity index (χ1v) is 5.78. The highest BCUT2D eigenvalue weighted by Gasteiger charge is 2.15. The van der Waals surface area contributed by atoms with Gasteiger partial charge in [-0.2, -0.15) is 0 Å². The Bertz CT molecular complexity index is 316. The van der Waals surface area contributed by atoms with E-state index in [0.29, 0.717) is 25.0 Å². The van der Waals surface area contributed by atoms with E-state index in [-0.39, 0.29) is 5.91 Å². The molecule has 0 saturated heterocycles. The van der Waals surface area contributed by atoms with Crippen molar-refractivity contribution in [1.29, 1.82) is 0 Å². The number of nitrogens with zero attached hydrogens (tertiary/aromatic N) is 1. The van der Waals surface area contributed by atoms with Crippen LogP contribution in [0.4, 0.5) is 0 Å². The van der Waals surface area contributed by atoms with Crippen LogP contribution in [-0.4, -0.2) is 30.9 Å². The van der Waals surface area contributed by atoms with E-state index in [4.69, 9.17) is 0 Å². The first kappa shape index (κ1) is 12.7. The van der Waals surface area contributed by atoms with E-state index in [0.717, 1.165) is 11.4 Å². The third-order valence-electron chi connectivity index (χ3n) is 2.13. The summed E-state index contributed by atoms with van der Waals surface area (Å²) >= 11 is 0. The van der Waals surface area contributed by atoms with Gasteiger partial charge in [-0.25, -0.2) is 0 Å². The largest absolute Gasteiger partial charge is 0.368 e. The monoisotopic (exact) mass is 223 g/mol. The van der Waals surface area contributed by atoms with Crippen molar-refractivity contribution >= 4 is 11.7 Å². The van der Waals surface area contributed by atoms with Gasteiger partial charge in [0.2, 0.25) is 5.91 Å². The molecule has 0 fully saturated rings. The smallest absolute Gasteiger partial charge is 0.249 e. The van der Waals surface area contributed by atoms with E-state index >= 15 is 0 Å². The molecule has 1 heterocycles. The van der Waals surface area contributed by atoms with Crippen LogP contribution in [0.2, 0.25) is 0 Å². The van der Waals surface area contributed by atoms with Gasteiger partial charge in [-0.15, -0.1) is 0 Å². The standard InChI is InChI=1S/C12H21N3O/c1-8(2)6-14-12(16)10-5-11(13-7-10)15-9(3)4/h5,8-9H,6-7H2,1-4H3,(H,13,15)(H,14,16). The average Bonchev–Trinajstić information content (AvgIpc) is 2.61. The van der Waals surface area contributed by atoms with Gasteiger partial charge in [-0.05, 0) is 25.8 Å². The normalized spacial score (nSPS) is 15.1. The fraction of sp³-hybridized carbons (Fsp3) is 0.667. The summed E-state index contributed by atoms with van der Waals surface area (Å²) in [6, 6.07) is 0.341. The highest BCUT2D eigenvalue weighted by Crippen LogP contribution is 2.05. The van der Waals surface area contributed by atoms with E-state index in [9.17, 15) is 4.79 Å². The summed E-state index contributed by atoms with van der Waals surface area (Å²) in [7, 11) is 0. The Kier molecular flexibility index (Phi) is 4.52. The lowest BCUT2D eigenvalue weighted by Crippen LogP contribution is -2.30. The number of carbonyl (C=O) groups excluding carboxylic acids is 1. The van der Waals surface area contributed by atoms with Gasteiger partial charge in [-0.1, -0.05) is 13.8 Å². The quantitative estimate of drug-likeness (QED) is 0.749. The van der Waals surface area contributed by atoms with Gasteiger partial charge in [-0.3, -0.25) is 9.79 Å². The van der Waals surface area contributed by atoms with Gasteiger partial charge in [0.1, 0.15) is 5.84 Å². The van der Waals surface area contributed by atoms with Crippen LogP contribution >= 0.6 is 0 Å². The molecule has 1 aliphatic heterocycles. The molecule has 4 nitrogen and oxygen atoms in total. The SMILES string of the molecule is CC(C)CNC(=O)C1=CC(NC(C)C)=NC1. The van der Waals surface area contributed by atoms with Crippen LogP contribution in [-0.2, 0) is 4.79 Å². The second kappa shape index (κ2) is 5.68. The average molecular weight is 223 g/mol. The summed E-state index contributed by atoms with van der Waals surface area (Å²) in [6.45, 7) is 9.44. The molecule has 1 rings (SSSR count). The van der Waals surface area contributed by atoms with Crippen molar-refractivity contribution in [3.63, 3.8) is 0 Å². The van der Waals surface area contributed by atoms with Crippen LogP contribution in [0.25, 0.3) is 0 Å². The van der Waals surface area contributed by atoms with E-state index in [2.05, 4.69) is 29.5 Å². The Morgan fingerprint density at radius 2 is 2.12 bits per heavy atom. The molecule has 2 N–H and O–H groups in total. The van der Waals surface area contributed by atoms with Crippen LogP contribution in [0.15, 0.2) is 16.6 Å². The molecule has 1 amide bonds. The molecule has 4 heteroatoms. The van der Waals surface area contributed by atoms with Gasteiger partial charge >= 0.3 is 0 Å². The third kappa shape index (κ3) is 4.04. The molecule has 0 spiro atoms. The first-order chi connectivity index (χ1) is 7.49. The lowest BCUT2D eigenvalue weighted by molar-refractivity contribution is -0.117. The van der Waals surface area contributed by atoms with Gasteiger partial charge in [0, 0.05) is 18.2 Å². The third-order valence-corrected chi connectivity index (χ3v) is 2.13. The molecule has 0 bridgehead atoms. The van der Waals surface area contributed by atoms with Crippen molar-refractivity contribution in [3.05, 3.63) is 11.6 Å². The summed E-state index contributed by atoms with van der Waals surface area (Å²) < 4.78 is 0. The maximum absolute atomic E-state index is 11.7. The molecular weight excluding hydrogens is 202 g/mol. The molecule has 0 aromatic carbocycles. The Labute approximate surface area is 97.2 Å². The zero-order valence-electron chi connectivity index (χ0n) is 10.5. The molecule has 0 aliphatic carbocycles. The van der Waals surface area contributed by atoms with Gasteiger partial charge in [0.15, 0.2) is 0 Å². The zero-order valence-corrected chi connectivity index (χ0v) is 10.5. The fourth-order valence-corrected chi connectivity index (χ4v) is 1.36. The van der Waals surface area contributed by atoms with Crippen LogP contribution in [0.5, 0.6) is 0 Å². The molecule has 16 heavy (non-hydrogen) atoms. The van der Waals surface area contributed by atoms with Gasteiger partial charge < -0.3 is 10.6 Å². The van der Waals surface area contributed by atoms with E-state index in [1.54, 1.807) is 0 Å². The lowest BCUT2D eigenvalue weighted by Gasteiger charge is -2.07. The molecule has 0 aromatic rings. The minimum atomic E-state index is -0.00185. The molecule has 0 aromatic heterocycles. The number of aliphatic imine (C=N–C) groups is 1. The molecule has 0 atom stereocenters. The lowest BCUT2D eigenvalue weighted by atomic mass is 10.2. The summed E-state index contributed by atoms with van der Waals surface area (Å²) in [5.74, 6) is 1.28. The van der Waals surface area contributed by atoms with Crippen molar-refractivity contribution in [3.8, 4) is 0 Å². The number of hydrogen-bond acceptors (Lipinski definition) is 3. The number of nitrogens with one attached hydrogen (secondary N) is 2. The van der Waals surface area contributed by atoms with Crippen molar-refractivity contribution in [2.75, 3.05) is 13.1 Å². The van der Waals surface area contributed by atoms with E-state index < -0.39 is 0 Å². The van der Waals surface area contributed by atoms with Crippen LogP contribution in [0.3, 0.4) is 0 Å². The summed E-state index contributed by atoms with van der Waals surface area (Å²) in [5, 5.41) is 6.07. The highest BCUT2D eigenvalue weighted by molar-refractivity contribution is 6.06. The Morgan fingerprint density at radius 3 is 2.69 bits per heavy atom. The van der Waals surface area contributed by atoms with Gasteiger partial charge in [0.25, 0.3) is 0 Å². The molecular formula is C12H21N3O. The topological polar surface area (TPSA) is 53.5 Å². The van der Waals surface area contributed by atoms with Crippen molar-refractivity contribution in [1.82, 2.24) is 10.6 Å². The molecule has 1 aliphatic rings. The second-order valence-electron chi connectivity index (χ2n) is 4.77. The van der Waals surface area contributed by atoms with Crippen LogP contribution in [0.1, 0.15) is 27.7 Å². The number of amides is 1. The van der Waals surface area contributed by atoms with Crippen molar-refractivity contribution in [2.45, 2.75) is 33.7 Å². The van der Waals surface area contributed by atoms with Crippen molar-refractivity contribution < 1.29 is 4.79 Å². The molecule has 0 radical (unpaired) electrons. The Morgan fingerprint density at radius 1 is 1.44 bits per heavy atom. The molecule has 90 valence electrons. The maximum atomic E-state index is 11.7. The van der Waals surface area contributed by atoms with E-state index in [1.165, 1.54) is 0 Å². The Balaban J connectivity index is 2.43. The number of rotatable bonds is 4. The molecule has 0 saturated carbocycles. The molecule has 0 unspecified atom stereocenters. The summed E-state index contributed by atoms with van der Waals surface area (Å²) in [5.41, 5.74) is 0.740. The highest BCUT2D eigenvalue weighted by atomic mass is 16.1. The number of hydrogen-bond donors (Lipinski definition) is 2. The maximum Gasteiger partial charge on any atom is 0.249 e. The summed E-state index contributed by atoms with van der Waals surface area (Å²) in [4.78, 5) is 16.0. The number of carbonyl (C=O) groups is 1. The summed E-state index contributed by atoms with van der Waals surface area (Å²) in [6.07, 6.45) is 1.83. The predicted molar refractivity (Wildman–Crippen MR) is 66.5 cm³/mol. The van der Waals surface area contributed by atoms with Crippen LogP contribution < -0.4 is 10.6 Å². The number of amidine groups is 1. The van der Waals surface area contributed by atoms with E-state index in [1.807, 2.05) is 19.9 Å². The predicted octanol–water partition coefficient (Wildman–Crippen LogP) is 1.10. The minimum Gasteiger partial charge on any atom is -0.368 e. The van der Waals surface area contributed by atoms with Crippen molar-refractivity contribution in [2.24, 2.45) is 10.9 Å². The van der Waals surface area contributed by atoms with Gasteiger partial charge in [0.05, 0.1) is 6.54 Å². The Hall–Kier alpha value is -1.32. The fourth-order valence-electron chi connectivity index (χ4n) is 1.36. The van der Waals surface area contributed by atoms with Crippen LogP contribution in [0, 0.1) is 5.92 Å². The first-order valence-electron chi connectivity index (χ1n) is 5.78. The zero-order chi connectivity index (χ0) is 12.1. The minimum absolute atomic E-state index is 0.00185. The second-order valence-corrected chi connectivity index (χ2v) is 4.77.